The van der Waals surface area contributed by atoms with Gasteiger partial charge in [-0.3, -0.25) is 4.79 Å². The standard InChI is InChI=1S/C14H18ClFN2O/c1-10-3-2-6-18(9-10)14(19)8-17-13-7-11(15)4-5-12(13)16/h4-5,7,10,17H,2-3,6,8-9H2,1H3. The first kappa shape index (κ1) is 14.1. The Hall–Kier alpha value is -1.29. The summed E-state index contributed by atoms with van der Waals surface area (Å²) in [6.07, 6.45) is 2.21. The lowest BCUT2D eigenvalue weighted by Crippen LogP contribution is -2.42. The van der Waals surface area contributed by atoms with Crippen LogP contribution in [-0.2, 0) is 4.79 Å². The van der Waals surface area contributed by atoms with Gasteiger partial charge in [0.2, 0.25) is 5.91 Å². The first-order chi connectivity index (χ1) is 9.06. The van der Waals surface area contributed by atoms with E-state index in [4.69, 9.17) is 11.6 Å². The maximum Gasteiger partial charge on any atom is 0.241 e. The highest BCUT2D eigenvalue weighted by atomic mass is 35.5. The minimum Gasteiger partial charge on any atom is -0.374 e. The number of hydrogen-bond acceptors (Lipinski definition) is 2. The number of amides is 1. The van der Waals surface area contributed by atoms with E-state index < -0.39 is 5.82 Å². The van der Waals surface area contributed by atoms with E-state index in [9.17, 15) is 9.18 Å². The number of piperidine rings is 1. The molecule has 1 atom stereocenters. The van der Waals surface area contributed by atoms with Crippen LogP contribution in [0.5, 0.6) is 0 Å². The van der Waals surface area contributed by atoms with Crippen LogP contribution in [0.15, 0.2) is 18.2 Å². The summed E-state index contributed by atoms with van der Waals surface area (Å²) in [5, 5.41) is 3.26. The SMILES string of the molecule is CC1CCCN(C(=O)CNc2cc(Cl)ccc2F)C1. The molecule has 0 aliphatic carbocycles. The summed E-state index contributed by atoms with van der Waals surface area (Å²) in [7, 11) is 0. The van der Waals surface area contributed by atoms with Crippen molar-refractivity contribution in [1.29, 1.82) is 0 Å². The van der Waals surface area contributed by atoms with Gasteiger partial charge in [0.25, 0.3) is 0 Å². The molecular formula is C14H18ClFN2O. The number of rotatable bonds is 3. The van der Waals surface area contributed by atoms with Gasteiger partial charge in [-0.2, -0.15) is 0 Å². The maximum absolute atomic E-state index is 13.5. The Morgan fingerprint density at radius 2 is 2.37 bits per heavy atom. The number of benzene rings is 1. The van der Waals surface area contributed by atoms with Crippen molar-refractivity contribution < 1.29 is 9.18 Å². The highest BCUT2D eigenvalue weighted by molar-refractivity contribution is 6.30. The van der Waals surface area contributed by atoms with Crippen LogP contribution in [0.1, 0.15) is 19.8 Å². The van der Waals surface area contributed by atoms with Crippen molar-refractivity contribution in [1.82, 2.24) is 4.90 Å². The van der Waals surface area contributed by atoms with Crippen molar-refractivity contribution in [2.45, 2.75) is 19.8 Å². The first-order valence-corrected chi connectivity index (χ1v) is 6.91. The van der Waals surface area contributed by atoms with Crippen molar-refractivity contribution >= 4 is 23.2 Å². The number of carbonyl (C=O) groups excluding carboxylic acids is 1. The van der Waals surface area contributed by atoms with Crippen LogP contribution in [0, 0.1) is 11.7 Å². The lowest BCUT2D eigenvalue weighted by atomic mass is 10.0. The second-order valence-electron chi connectivity index (χ2n) is 5.06. The predicted octanol–water partition coefficient (Wildman–Crippen LogP) is 3.15. The quantitative estimate of drug-likeness (QED) is 0.925. The van der Waals surface area contributed by atoms with Crippen LogP contribution >= 0.6 is 11.6 Å². The molecule has 1 amide bonds. The molecule has 19 heavy (non-hydrogen) atoms. The van der Waals surface area contributed by atoms with Gasteiger partial charge in [0.05, 0.1) is 12.2 Å². The molecule has 1 fully saturated rings. The fourth-order valence-corrected chi connectivity index (χ4v) is 2.50. The summed E-state index contributed by atoms with van der Waals surface area (Å²) < 4.78 is 13.5. The number of nitrogens with zero attached hydrogens (tertiary/aromatic N) is 1. The van der Waals surface area contributed by atoms with E-state index in [0.29, 0.717) is 10.9 Å². The van der Waals surface area contributed by atoms with Crippen LogP contribution in [-0.4, -0.2) is 30.4 Å². The second kappa shape index (κ2) is 6.24. The topological polar surface area (TPSA) is 32.3 Å². The fraction of sp³-hybridized carbons (Fsp3) is 0.500. The van der Waals surface area contributed by atoms with E-state index in [1.807, 2.05) is 4.90 Å². The minimum absolute atomic E-state index is 0.00549. The molecule has 104 valence electrons. The fourth-order valence-electron chi connectivity index (χ4n) is 2.33. The van der Waals surface area contributed by atoms with E-state index in [-0.39, 0.29) is 18.1 Å². The number of halogens is 2. The normalized spacial score (nSPS) is 19.3. The van der Waals surface area contributed by atoms with Crippen molar-refractivity contribution in [2.75, 3.05) is 25.0 Å². The third-order valence-corrected chi connectivity index (χ3v) is 3.60. The minimum atomic E-state index is -0.399. The number of anilines is 1. The molecule has 1 unspecified atom stereocenters. The van der Waals surface area contributed by atoms with Gasteiger partial charge in [-0.05, 0) is 37.0 Å². The van der Waals surface area contributed by atoms with Crippen molar-refractivity contribution in [3.05, 3.63) is 29.0 Å². The van der Waals surface area contributed by atoms with Crippen molar-refractivity contribution in [3.63, 3.8) is 0 Å². The highest BCUT2D eigenvalue weighted by Gasteiger charge is 2.20. The highest BCUT2D eigenvalue weighted by Crippen LogP contribution is 2.20. The van der Waals surface area contributed by atoms with E-state index >= 15 is 0 Å². The molecule has 1 aliphatic rings. The van der Waals surface area contributed by atoms with Gasteiger partial charge < -0.3 is 10.2 Å². The molecule has 0 spiro atoms. The summed E-state index contributed by atoms with van der Waals surface area (Å²) in [5.74, 6) is 0.149. The lowest BCUT2D eigenvalue weighted by Gasteiger charge is -2.31. The zero-order valence-corrected chi connectivity index (χ0v) is 11.7. The Kier molecular flexibility index (Phi) is 4.64. The number of nitrogens with one attached hydrogen (secondary N) is 1. The van der Waals surface area contributed by atoms with Crippen molar-refractivity contribution in [2.24, 2.45) is 5.92 Å². The molecule has 0 bridgehead atoms. The van der Waals surface area contributed by atoms with E-state index in [2.05, 4.69) is 12.2 Å². The van der Waals surface area contributed by atoms with Gasteiger partial charge in [0.15, 0.2) is 0 Å². The molecule has 0 aromatic heterocycles. The molecule has 1 aliphatic heterocycles. The van der Waals surface area contributed by atoms with Crippen LogP contribution in [0.3, 0.4) is 0 Å². The molecule has 0 radical (unpaired) electrons. The van der Waals surface area contributed by atoms with Crippen molar-refractivity contribution in [3.8, 4) is 0 Å². The third kappa shape index (κ3) is 3.83. The van der Waals surface area contributed by atoms with Gasteiger partial charge >= 0.3 is 0 Å². The molecule has 5 heteroatoms. The monoisotopic (exact) mass is 284 g/mol. The van der Waals surface area contributed by atoms with Gasteiger partial charge in [-0.25, -0.2) is 4.39 Å². The average molecular weight is 285 g/mol. The summed E-state index contributed by atoms with van der Waals surface area (Å²) in [4.78, 5) is 13.9. The molecule has 1 aromatic rings. The predicted molar refractivity (Wildman–Crippen MR) is 74.9 cm³/mol. The van der Waals surface area contributed by atoms with Crippen LogP contribution in [0.25, 0.3) is 0 Å². The molecule has 1 aromatic carbocycles. The number of hydrogen-bond donors (Lipinski definition) is 1. The summed E-state index contributed by atoms with van der Waals surface area (Å²) in [5.41, 5.74) is 0.269. The largest absolute Gasteiger partial charge is 0.374 e. The Morgan fingerprint density at radius 1 is 1.58 bits per heavy atom. The molecule has 3 nitrogen and oxygen atoms in total. The molecule has 0 saturated carbocycles. The maximum atomic E-state index is 13.5. The smallest absolute Gasteiger partial charge is 0.241 e. The Balaban J connectivity index is 1.91. The molecular weight excluding hydrogens is 267 g/mol. The summed E-state index contributed by atoms with van der Waals surface area (Å²) >= 11 is 5.80. The average Bonchev–Trinajstić information content (AvgIpc) is 2.39. The van der Waals surface area contributed by atoms with Gasteiger partial charge in [-0.15, -0.1) is 0 Å². The molecule has 1 N–H and O–H groups in total. The first-order valence-electron chi connectivity index (χ1n) is 6.53. The molecule has 2 rings (SSSR count). The summed E-state index contributed by atoms with van der Waals surface area (Å²) in [6.45, 7) is 3.83. The molecule has 1 saturated heterocycles. The number of carbonyl (C=O) groups is 1. The van der Waals surface area contributed by atoms with Crippen LogP contribution in [0.4, 0.5) is 10.1 Å². The van der Waals surface area contributed by atoms with Crippen LogP contribution in [0.2, 0.25) is 5.02 Å². The Labute approximate surface area is 117 Å². The van der Waals surface area contributed by atoms with Gasteiger partial charge in [0, 0.05) is 18.1 Å². The number of likely N-dealkylation sites (tertiary alicyclic amines) is 1. The third-order valence-electron chi connectivity index (χ3n) is 3.37. The van der Waals surface area contributed by atoms with Crippen LogP contribution < -0.4 is 5.32 Å². The van der Waals surface area contributed by atoms with Gasteiger partial charge in [0.1, 0.15) is 5.82 Å². The Morgan fingerprint density at radius 3 is 3.11 bits per heavy atom. The summed E-state index contributed by atoms with van der Waals surface area (Å²) in [6, 6.07) is 4.26. The zero-order chi connectivity index (χ0) is 13.8. The van der Waals surface area contributed by atoms with Gasteiger partial charge in [-0.1, -0.05) is 18.5 Å². The van der Waals surface area contributed by atoms with E-state index in [0.717, 1.165) is 19.5 Å². The Bertz CT molecular complexity index is 467. The molecule has 1 heterocycles. The second-order valence-corrected chi connectivity index (χ2v) is 5.50. The lowest BCUT2D eigenvalue weighted by molar-refractivity contribution is -0.130. The van der Waals surface area contributed by atoms with E-state index in [1.165, 1.54) is 24.6 Å². The zero-order valence-electron chi connectivity index (χ0n) is 11.0. The van der Waals surface area contributed by atoms with E-state index in [1.54, 1.807) is 0 Å².